The summed E-state index contributed by atoms with van der Waals surface area (Å²) in [6, 6.07) is 6.68. The summed E-state index contributed by atoms with van der Waals surface area (Å²) in [6.45, 7) is 2.27. The third kappa shape index (κ3) is 4.39. The van der Waals surface area contributed by atoms with E-state index < -0.39 is 17.7 Å². The lowest BCUT2D eigenvalue weighted by Gasteiger charge is -2.13. The quantitative estimate of drug-likeness (QED) is 0.860. The maximum absolute atomic E-state index is 13.0. The van der Waals surface area contributed by atoms with E-state index in [2.05, 4.69) is 10.6 Å². The number of furan rings is 1. The van der Waals surface area contributed by atoms with E-state index in [1.165, 1.54) is 12.3 Å². The van der Waals surface area contributed by atoms with E-state index in [0.717, 1.165) is 12.1 Å². The first-order valence-corrected chi connectivity index (χ1v) is 6.53. The first kappa shape index (κ1) is 15.2. The molecule has 2 N–H and O–H groups in total. The molecule has 1 aromatic heterocycles. The second-order valence-electron chi connectivity index (χ2n) is 4.65. The minimum atomic E-state index is -0.899. The van der Waals surface area contributed by atoms with Crippen molar-refractivity contribution in [3.05, 3.63) is 59.6 Å². The molecule has 0 aliphatic carbocycles. The Morgan fingerprint density at radius 3 is 2.71 bits per heavy atom. The van der Waals surface area contributed by atoms with Gasteiger partial charge in [-0.15, -0.1) is 0 Å². The molecule has 2 aromatic rings. The number of carbonyl (C=O) groups excluding carboxylic acids is 1. The van der Waals surface area contributed by atoms with Crippen molar-refractivity contribution in [1.29, 1.82) is 0 Å². The molecule has 0 aliphatic heterocycles. The monoisotopic (exact) mass is 294 g/mol. The molecule has 1 heterocycles. The van der Waals surface area contributed by atoms with Gasteiger partial charge in [-0.1, -0.05) is 6.07 Å². The Bertz CT molecular complexity index is 600. The fourth-order valence-corrected chi connectivity index (χ4v) is 1.75. The molecule has 0 saturated carbocycles. The van der Waals surface area contributed by atoms with Crippen molar-refractivity contribution in [2.24, 2.45) is 0 Å². The zero-order chi connectivity index (χ0) is 15.2. The molecule has 1 atom stereocenters. The van der Waals surface area contributed by atoms with Crippen LogP contribution in [0.15, 0.2) is 41.0 Å². The zero-order valence-electron chi connectivity index (χ0n) is 11.5. The second-order valence-corrected chi connectivity index (χ2v) is 4.65. The first-order chi connectivity index (χ1) is 10.1. The minimum Gasteiger partial charge on any atom is -0.467 e. The Morgan fingerprint density at radius 2 is 2.05 bits per heavy atom. The molecule has 1 amide bonds. The van der Waals surface area contributed by atoms with E-state index >= 15 is 0 Å². The van der Waals surface area contributed by atoms with Gasteiger partial charge in [0.1, 0.15) is 5.76 Å². The smallest absolute Gasteiger partial charge is 0.237 e. The van der Waals surface area contributed by atoms with Gasteiger partial charge >= 0.3 is 0 Å². The molecule has 0 fully saturated rings. The number of hydrogen-bond acceptors (Lipinski definition) is 3. The van der Waals surface area contributed by atoms with Gasteiger partial charge in [0, 0.05) is 6.54 Å². The van der Waals surface area contributed by atoms with Crippen LogP contribution in [0.4, 0.5) is 8.78 Å². The first-order valence-electron chi connectivity index (χ1n) is 6.53. The maximum atomic E-state index is 13.0. The van der Waals surface area contributed by atoms with Gasteiger partial charge in [-0.2, -0.15) is 0 Å². The lowest BCUT2D eigenvalue weighted by Crippen LogP contribution is -2.41. The summed E-state index contributed by atoms with van der Waals surface area (Å²) in [5, 5.41) is 5.66. The summed E-state index contributed by atoms with van der Waals surface area (Å²) in [5.41, 5.74) is 0.569. The van der Waals surface area contributed by atoms with Gasteiger partial charge in [0.2, 0.25) is 5.91 Å². The highest BCUT2D eigenvalue weighted by Crippen LogP contribution is 2.08. The predicted molar refractivity (Wildman–Crippen MR) is 73.2 cm³/mol. The average Bonchev–Trinajstić information content (AvgIpc) is 2.99. The lowest BCUT2D eigenvalue weighted by molar-refractivity contribution is -0.123. The van der Waals surface area contributed by atoms with Crippen molar-refractivity contribution in [3.63, 3.8) is 0 Å². The number of amides is 1. The van der Waals surface area contributed by atoms with Gasteiger partial charge in [0.05, 0.1) is 18.8 Å². The molecule has 0 bridgehead atoms. The molecule has 2 rings (SSSR count). The Morgan fingerprint density at radius 1 is 1.24 bits per heavy atom. The van der Waals surface area contributed by atoms with Crippen LogP contribution in [0.3, 0.4) is 0 Å². The van der Waals surface area contributed by atoms with Crippen molar-refractivity contribution in [1.82, 2.24) is 10.6 Å². The highest BCUT2D eigenvalue weighted by Gasteiger charge is 2.12. The normalized spacial score (nSPS) is 12.1. The molecule has 6 heteroatoms. The highest BCUT2D eigenvalue weighted by atomic mass is 19.2. The fourth-order valence-electron chi connectivity index (χ4n) is 1.75. The molecule has 1 unspecified atom stereocenters. The molecule has 0 spiro atoms. The van der Waals surface area contributed by atoms with Gasteiger partial charge in [-0.3, -0.25) is 4.79 Å². The summed E-state index contributed by atoms with van der Waals surface area (Å²) in [4.78, 5) is 11.8. The largest absolute Gasteiger partial charge is 0.467 e. The van der Waals surface area contributed by atoms with Crippen LogP contribution < -0.4 is 10.6 Å². The van der Waals surface area contributed by atoms with Crippen molar-refractivity contribution >= 4 is 5.91 Å². The van der Waals surface area contributed by atoms with E-state index in [0.29, 0.717) is 17.9 Å². The van der Waals surface area contributed by atoms with Crippen LogP contribution in [-0.4, -0.2) is 11.9 Å². The summed E-state index contributed by atoms with van der Waals surface area (Å²) >= 11 is 0. The van der Waals surface area contributed by atoms with Gasteiger partial charge in [-0.25, -0.2) is 8.78 Å². The van der Waals surface area contributed by atoms with Crippen molar-refractivity contribution in [2.75, 3.05) is 0 Å². The Kier molecular flexibility index (Phi) is 5.05. The van der Waals surface area contributed by atoms with Gasteiger partial charge in [-0.05, 0) is 36.8 Å². The van der Waals surface area contributed by atoms with Gasteiger partial charge < -0.3 is 15.1 Å². The number of halogens is 2. The molecular formula is C15H16F2N2O2. The van der Waals surface area contributed by atoms with Crippen LogP contribution in [0.2, 0.25) is 0 Å². The molecule has 21 heavy (non-hydrogen) atoms. The average molecular weight is 294 g/mol. The highest BCUT2D eigenvalue weighted by molar-refractivity contribution is 5.81. The number of rotatable bonds is 6. The van der Waals surface area contributed by atoms with Crippen LogP contribution in [0.1, 0.15) is 18.2 Å². The molecule has 0 saturated heterocycles. The molecule has 4 nitrogen and oxygen atoms in total. The molecule has 112 valence electrons. The standard InChI is InChI=1S/C15H16F2N2O2/c1-10(15(20)19-9-12-3-2-6-21-12)18-8-11-4-5-13(16)14(17)7-11/h2-7,10,18H,8-9H2,1H3,(H,19,20). The van der Waals surface area contributed by atoms with E-state index in [1.807, 2.05) is 0 Å². The Balaban J connectivity index is 1.79. The summed E-state index contributed by atoms with van der Waals surface area (Å²) < 4.78 is 30.9. The Labute approximate surface area is 121 Å². The van der Waals surface area contributed by atoms with Crippen LogP contribution in [-0.2, 0) is 17.9 Å². The predicted octanol–water partition coefficient (Wildman–Crippen LogP) is 2.35. The summed E-state index contributed by atoms with van der Waals surface area (Å²) in [5.74, 6) is -1.32. The summed E-state index contributed by atoms with van der Waals surface area (Å²) in [6.07, 6.45) is 1.53. The zero-order valence-corrected chi connectivity index (χ0v) is 11.5. The number of hydrogen-bond donors (Lipinski definition) is 2. The lowest BCUT2D eigenvalue weighted by atomic mass is 10.2. The van der Waals surface area contributed by atoms with E-state index in [9.17, 15) is 13.6 Å². The van der Waals surface area contributed by atoms with E-state index in [1.54, 1.807) is 19.1 Å². The number of nitrogens with one attached hydrogen (secondary N) is 2. The van der Waals surface area contributed by atoms with E-state index in [-0.39, 0.29) is 12.5 Å². The molecule has 1 aromatic carbocycles. The van der Waals surface area contributed by atoms with Crippen LogP contribution in [0.25, 0.3) is 0 Å². The van der Waals surface area contributed by atoms with E-state index in [4.69, 9.17) is 4.42 Å². The minimum absolute atomic E-state index is 0.200. The molecule has 0 radical (unpaired) electrons. The van der Waals surface area contributed by atoms with Crippen LogP contribution in [0.5, 0.6) is 0 Å². The maximum Gasteiger partial charge on any atom is 0.237 e. The van der Waals surface area contributed by atoms with Crippen molar-refractivity contribution in [3.8, 4) is 0 Å². The topological polar surface area (TPSA) is 54.3 Å². The third-order valence-corrected chi connectivity index (χ3v) is 3.01. The fraction of sp³-hybridized carbons (Fsp3) is 0.267. The molecule has 0 aliphatic rings. The number of benzene rings is 1. The van der Waals surface area contributed by atoms with Gasteiger partial charge in [0.15, 0.2) is 11.6 Å². The SMILES string of the molecule is CC(NCc1ccc(F)c(F)c1)C(=O)NCc1ccco1. The van der Waals surface area contributed by atoms with Crippen molar-refractivity contribution < 1.29 is 18.0 Å². The third-order valence-electron chi connectivity index (χ3n) is 3.01. The van der Waals surface area contributed by atoms with Crippen molar-refractivity contribution in [2.45, 2.75) is 26.1 Å². The molecular weight excluding hydrogens is 278 g/mol. The van der Waals surface area contributed by atoms with Crippen LogP contribution >= 0.6 is 0 Å². The van der Waals surface area contributed by atoms with Gasteiger partial charge in [0.25, 0.3) is 0 Å². The number of carbonyl (C=O) groups is 1. The summed E-state index contributed by atoms with van der Waals surface area (Å²) in [7, 11) is 0. The second kappa shape index (κ2) is 6.99. The Hall–Kier alpha value is -2.21. The van der Waals surface area contributed by atoms with Crippen LogP contribution in [0, 0.1) is 11.6 Å².